The van der Waals surface area contributed by atoms with Gasteiger partial charge in [-0.15, -0.1) is 0 Å². The summed E-state index contributed by atoms with van der Waals surface area (Å²) in [6, 6.07) is 0.127. The van der Waals surface area contributed by atoms with Gasteiger partial charge >= 0.3 is 5.97 Å². The fourth-order valence-electron chi connectivity index (χ4n) is 3.11. The first-order valence-corrected chi connectivity index (χ1v) is 8.79. The first kappa shape index (κ1) is 19.8. The van der Waals surface area contributed by atoms with Crippen LogP contribution in [0.4, 0.5) is 0 Å². The SMILES string of the molecule is COc1c(C)c2c(c(O)c1C/C=C(\C)CCC(=O)NC(C)C)C(=O)OC2. The van der Waals surface area contributed by atoms with Crippen LogP contribution in [0.3, 0.4) is 0 Å². The van der Waals surface area contributed by atoms with E-state index in [1.807, 2.05) is 33.8 Å². The molecule has 1 heterocycles. The Morgan fingerprint density at radius 1 is 1.38 bits per heavy atom. The van der Waals surface area contributed by atoms with E-state index in [0.29, 0.717) is 36.1 Å². The summed E-state index contributed by atoms with van der Waals surface area (Å²) in [4.78, 5) is 23.7. The Morgan fingerprint density at radius 2 is 2.08 bits per heavy atom. The summed E-state index contributed by atoms with van der Waals surface area (Å²) in [6.45, 7) is 7.81. The van der Waals surface area contributed by atoms with Gasteiger partial charge in [-0.05, 0) is 46.1 Å². The fraction of sp³-hybridized carbons (Fsp3) is 0.500. The third-order valence-electron chi connectivity index (χ3n) is 4.50. The van der Waals surface area contributed by atoms with E-state index in [4.69, 9.17) is 9.47 Å². The molecule has 2 N–H and O–H groups in total. The number of aromatic hydroxyl groups is 1. The zero-order chi connectivity index (χ0) is 19.4. The molecule has 0 atom stereocenters. The molecule has 6 nitrogen and oxygen atoms in total. The molecule has 142 valence electrons. The summed E-state index contributed by atoms with van der Waals surface area (Å²) in [6.07, 6.45) is 3.41. The summed E-state index contributed by atoms with van der Waals surface area (Å²) in [5, 5.41) is 13.4. The lowest BCUT2D eigenvalue weighted by molar-refractivity contribution is -0.121. The highest BCUT2D eigenvalue weighted by molar-refractivity contribution is 5.98. The van der Waals surface area contributed by atoms with Gasteiger partial charge in [0.1, 0.15) is 23.7 Å². The number of methoxy groups -OCH3 is 1. The molecule has 2 rings (SSSR count). The van der Waals surface area contributed by atoms with Gasteiger partial charge in [-0.3, -0.25) is 4.79 Å². The molecule has 26 heavy (non-hydrogen) atoms. The molecule has 0 saturated carbocycles. The maximum absolute atomic E-state index is 11.9. The van der Waals surface area contributed by atoms with E-state index in [1.54, 1.807) is 7.11 Å². The number of esters is 1. The van der Waals surface area contributed by atoms with Crippen molar-refractivity contribution in [3.8, 4) is 11.5 Å². The third kappa shape index (κ3) is 4.18. The molecule has 6 heteroatoms. The molecule has 1 aromatic carbocycles. The van der Waals surface area contributed by atoms with Crippen molar-refractivity contribution in [1.29, 1.82) is 0 Å². The van der Waals surface area contributed by atoms with Gasteiger partial charge in [-0.2, -0.15) is 0 Å². The van der Waals surface area contributed by atoms with Crippen LogP contribution in [0.1, 0.15) is 60.7 Å². The second-order valence-corrected chi connectivity index (χ2v) is 6.89. The lowest BCUT2D eigenvalue weighted by atomic mass is 9.94. The minimum Gasteiger partial charge on any atom is -0.507 e. The second kappa shape index (κ2) is 8.25. The van der Waals surface area contributed by atoms with Crippen molar-refractivity contribution < 1.29 is 24.2 Å². The fourth-order valence-corrected chi connectivity index (χ4v) is 3.11. The highest BCUT2D eigenvalue weighted by Gasteiger charge is 2.31. The Hall–Kier alpha value is -2.50. The number of fused-ring (bicyclic) bond motifs is 1. The average Bonchev–Trinajstić information content (AvgIpc) is 2.96. The first-order valence-electron chi connectivity index (χ1n) is 8.79. The molecule has 0 aromatic heterocycles. The van der Waals surface area contributed by atoms with Crippen LogP contribution in [0.15, 0.2) is 11.6 Å². The largest absolute Gasteiger partial charge is 0.507 e. The van der Waals surface area contributed by atoms with Gasteiger partial charge < -0.3 is 19.9 Å². The lowest BCUT2D eigenvalue weighted by Crippen LogP contribution is -2.29. The molecule has 1 aliphatic rings. The normalized spacial score (nSPS) is 13.6. The molecule has 1 amide bonds. The summed E-state index contributed by atoms with van der Waals surface area (Å²) >= 11 is 0. The van der Waals surface area contributed by atoms with Crippen molar-refractivity contribution in [3.63, 3.8) is 0 Å². The Morgan fingerprint density at radius 3 is 2.69 bits per heavy atom. The van der Waals surface area contributed by atoms with Crippen LogP contribution in [0.25, 0.3) is 0 Å². The van der Waals surface area contributed by atoms with Gasteiger partial charge in [0.2, 0.25) is 5.91 Å². The highest BCUT2D eigenvalue weighted by atomic mass is 16.5. The monoisotopic (exact) mass is 361 g/mol. The molecule has 1 aliphatic heterocycles. The molecule has 0 fully saturated rings. The Balaban J connectivity index is 2.19. The van der Waals surface area contributed by atoms with E-state index in [1.165, 1.54) is 0 Å². The van der Waals surface area contributed by atoms with E-state index in [2.05, 4.69) is 5.32 Å². The Kier molecular flexibility index (Phi) is 6.29. The van der Waals surface area contributed by atoms with Crippen LogP contribution in [0.2, 0.25) is 0 Å². The second-order valence-electron chi connectivity index (χ2n) is 6.89. The van der Waals surface area contributed by atoms with Crippen molar-refractivity contribution in [1.82, 2.24) is 5.32 Å². The predicted octanol–water partition coefficient (Wildman–Crippen LogP) is 3.17. The summed E-state index contributed by atoms with van der Waals surface area (Å²) in [7, 11) is 1.54. The lowest BCUT2D eigenvalue weighted by Gasteiger charge is -2.15. The minimum absolute atomic E-state index is 0.0179. The molecule has 0 bridgehead atoms. The van der Waals surface area contributed by atoms with Crippen LogP contribution >= 0.6 is 0 Å². The Labute approximate surface area is 154 Å². The van der Waals surface area contributed by atoms with Gasteiger partial charge in [0.05, 0.1) is 7.11 Å². The number of phenolic OH excluding ortho intramolecular Hbond substituents is 1. The van der Waals surface area contributed by atoms with E-state index < -0.39 is 5.97 Å². The smallest absolute Gasteiger partial charge is 0.342 e. The minimum atomic E-state index is -0.504. The van der Waals surface area contributed by atoms with Crippen molar-refractivity contribution in [3.05, 3.63) is 33.9 Å². The Bertz CT molecular complexity index is 749. The summed E-state index contributed by atoms with van der Waals surface area (Å²) < 4.78 is 10.5. The van der Waals surface area contributed by atoms with Crippen molar-refractivity contribution >= 4 is 11.9 Å². The number of amides is 1. The van der Waals surface area contributed by atoms with E-state index >= 15 is 0 Å². The van der Waals surface area contributed by atoms with Gasteiger partial charge in [0, 0.05) is 23.6 Å². The standard InChI is InChI=1S/C20H27NO5/c1-11(2)21-16(22)9-7-12(3)6-8-14-18(23)17-15(10-26-20(17)24)13(4)19(14)25-5/h6,11,23H,7-10H2,1-5H3,(H,21,22)/b12-6+. The van der Waals surface area contributed by atoms with Gasteiger partial charge in [0.15, 0.2) is 0 Å². The zero-order valence-corrected chi connectivity index (χ0v) is 16.1. The maximum Gasteiger partial charge on any atom is 0.342 e. The molecule has 0 aliphatic carbocycles. The maximum atomic E-state index is 11.9. The van der Waals surface area contributed by atoms with Crippen molar-refractivity contribution in [2.24, 2.45) is 0 Å². The van der Waals surface area contributed by atoms with E-state index in [0.717, 1.165) is 11.1 Å². The van der Waals surface area contributed by atoms with Crippen molar-refractivity contribution in [2.45, 2.75) is 59.6 Å². The number of hydrogen-bond acceptors (Lipinski definition) is 5. The summed E-state index contributed by atoms with van der Waals surface area (Å²) in [5.41, 5.74) is 3.32. The predicted molar refractivity (Wildman–Crippen MR) is 98.5 cm³/mol. The molecular formula is C20H27NO5. The van der Waals surface area contributed by atoms with E-state index in [-0.39, 0.29) is 29.9 Å². The van der Waals surface area contributed by atoms with Crippen LogP contribution in [0, 0.1) is 6.92 Å². The number of benzene rings is 1. The topological polar surface area (TPSA) is 84.9 Å². The molecule has 0 saturated heterocycles. The van der Waals surface area contributed by atoms with Crippen LogP contribution in [-0.4, -0.2) is 30.1 Å². The average molecular weight is 361 g/mol. The van der Waals surface area contributed by atoms with Crippen LogP contribution in [0.5, 0.6) is 11.5 Å². The molecule has 0 unspecified atom stereocenters. The van der Waals surface area contributed by atoms with Gasteiger partial charge in [-0.1, -0.05) is 11.6 Å². The summed E-state index contributed by atoms with van der Waals surface area (Å²) in [5.74, 6) is 0.00700. The van der Waals surface area contributed by atoms with Gasteiger partial charge in [-0.25, -0.2) is 4.79 Å². The molecule has 1 aromatic rings. The zero-order valence-electron chi connectivity index (χ0n) is 16.1. The number of cyclic esters (lactones) is 1. The quantitative estimate of drug-likeness (QED) is 0.575. The van der Waals surface area contributed by atoms with Crippen molar-refractivity contribution in [2.75, 3.05) is 7.11 Å². The molecule has 0 spiro atoms. The number of rotatable bonds is 7. The number of hydrogen-bond donors (Lipinski definition) is 2. The first-order chi connectivity index (χ1) is 12.3. The number of nitrogens with one attached hydrogen (secondary N) is 1. The highest BCUT2D eigenvalue weighted by Crippen LogP contribution is 2.42. The number of phenols is 1. The number of ether oxygens (including phenoxy) is 2. The van der Waals surface area contributed by atoms with Crippen LogP contribution < -0.4 is 10.1 Å². The number of carbonyl (C=O) groups excluding carboxylic acids is 2. The van der Waals surface area contributed by atoms with Gasteiger partial charge in [0.25, 0.3) is 0 Å². The van der Waals surface area contributed by atoms with E-state index in [9.17, 15) is 14.7 Å². The number of carbonyl (C=O) groups is 2. The number of allylic oxidation sites excluding steroid dienone is 2. The molecule has 0 radical (unpaired) electrons. The van der Waals surface area contributed by atoms with Crippen LogP contribution in [-0.2, 0) is 22.6 Å². The third-order valence-corrected chi connectivity index (χ3v) is 4.50. The molecular weight excluding hydrogens is 334 g/mol.